The van der Waals surface area contributed by atoms with Gasteiger partial charge in [-0.15, -0.1) is 0 Å². The summed E-state index contributed by atoms with van der Waals surface area (Å²) in [5, 5.41) is 33.1. The monoisotopic (exact) mass is 678 g/mol. The van der Waals surface area contributed by atoms with Gasteiger partial charge in [0, 0.05) is 0 Å². The van der Waals surface area contributed by atoms with Crippen molar-refractivity contribution in [1.82, 2.24) is 5.32 Å². The standard InChI is InChI=1S/C43H83NO4/c1-3-5-7-9-11-13-15-16-17-18-19-20-21-22-23-24-25-26-27-29-31-33-35-37-42(47)41(39-45)44-43(48)38-40(46)36-34-32-30-28-14-12-10-8-6-4-2/h12,14,35,37,40-42,45-47H,3-11,13,15-34,36,38-39H2,1-2H3,(H,44,48)/b14-12-,37-35+. The van der Waals surface area contributed by atoms with E-state index >= 15 is 0 Å². The summed E-state index contributed by atoms with van der Waals surface area (Å²) in [6, 6.07) is -0.746. The van der Waals surface area contributed by atoms with Crippen LogP contribution in [-0.2, 0) is 4.79 Å². The van der Waals surface area contributed by atoms with Crippen molar-refractivity contribution >= 4 is 5.91 Å². The number of rotatable bonds is 38. The number of hydrogen-bond acceptors (Lipinski definition) is 4. The highest BCUT2D eigenvalue weighted by atomic mass is 16.3. The van der Waals surface area contributed by atoms with Crippen molar-refractivity contribution in [2.45, 2.75) is 238 Å². The Morgan fingerprint density at radius 2 is 0.875 bits per heavy atom. The van der Waals surface area contributed by atoms with Gasteiger partial charge in [-0.1, -0.05) is 192 Å². The van der Waals surface area contributed by atoms with Crippen LogP contribution in [0, 0.1) is 0 Å². The van der Waals surface area contributed by atoms with Gasteiger partial charge >= 0.3 is 0 Å². The highest BCUT2D eigenvalue weighted by Gasteiger charge is 2.20. The molecule has 0 rings (SSSR count). The van der Waals surface area contributed by atoms with Crippen molar-refractivity contribution in [1.29, 1.82) is 0 Å². The molecule has 0 aliphatic heterocycles. The van der Waals surface area contributed by atoms with Gasteiger partial charge in [-0.3, -0.25) is 4.79 Å². The van der Waals surface area contributed by atoms with Gasteiger partial charge in [0.05, 0.1) is 31.3 Å². The minimum absolute atomic E-state index is 0.00368. The molecule has 0 spiro atoms. The van der Waals surface area contributed by atoms with Crippen molar-refractivity contribution < 1.29 is 20.1 Å². The SMILES string of the molecule is CCCCC/C=C\CCCCCC(O)CC(=O)NC(CO)C(O)/C=C/CCCCCCCCCCCCCCCCCCCCCCC. The fourth-order valence-corrected chi connectivity index (χ4v) is 6.45. The summed E-state index contributed by atoms with van der Waals surface area (Å²) in [4.78, 5) is 12.4. The van der Waals surface area contributed by atoms with Crippen LogP contribution in [0.1, 0.15) is 219 Å². The molecule has 0 radical (unpaired) electrons. The lowest BCUT2D eigenvalue weighted by molar-refractivity contribution is -0.124. The highest BCUT2D eigenvalue weighted by molar-refractivity contribution is 5.76. The predicted molar refractivity (Wildman–Crippen MR) is 208 cm³/mol. The Morgan fingerprint density at radius 1 is 0.521 bits per heavy atom. The lowest BCUT2D eigenvalue weighted by Gasteiger charge is -2.21. The zero-order chi connectivity index (χ0) is 35.2. The van der Waals surface area contributed by atoms with Crippen LogP contribution in [0.2, 0.25) is 0 Å². The van der Waals surface area contributed by atoms with Gasteiger partial charge in [0.1, 0.15) is 0 Å². The van der Waals surface area contributed by atoms with E-state index in [0.29, 0.717) is 6.42 Å². The molecule has 0 saturated heterocycles. The molecule has 3 unspecified atom stereocenters. The molecule has 4 N–H and O–H groups in total. The van der Waals surface area contributed by atoms with Gasteiger partial charge in [-0.2, -0.15) is 0 Å². The van der Waals surface area contributed by atoms with E-state index < -0.39 is 18.2 Å². The summed E-state index contributed by atoms with van der Waals surface area (Å²) < 4.78 is 0. The zero-order valence-corrected chi connectivity index (χ0v) is 32.1. The maximum atomic E-state index is 12.4. The predicted octanol–water partition coefficient (Wildman–Crippen LogP) is 11.8. The van der Waals surface area contributed by atoms with Crippen molar-refractivity contribution in [2.75, 3.05) is 6.61 Å². The first-order chi connectivity index (χ1) is 23.5. The van der Waals surface area contributed by atoms with Gasteiger partial charge in [0.25, 0.3) is 0 Å². The van der Waals surface area contributed by atoms with Crippen LogP contribution >= 0.6 is 0 Å². The second-order valence-corrected chi connectivity index (χ2v) is 14.6. The number of carbonyl (C=O) groups excluding carboxylic acids is 1. The van der Waals surface area contributed by atoms with Gasteiger partial charge in [-0.25, -0.2) is 0 Å². The topological polar surface area (TPSA) is 89.8 Å². The van der Waals surface area contributed by atoms with E-state index in [4.69, 9.17) is 0 Å². The minimum atomic E-state index is -0.930. The molecule has 1 amide bonds. The highest BCUT2D eigenvalue weighted by Crippen LogP contribution is 2.16. The zero-order valence-electron chi connectivity index (χ0n) is 32.1. The fraction of sp³-hybridized carbons (Fsp3) is 0.884. The number of allylic oxidation sites excluding steroid dienone is 3. The summed E-state index contributed by atoms with van der Waals surface area (Å²) >= 11 is 0. The molecule has 0 aliphatic carbocycles. The Labute approximate surface area is 299 Å². The summed E-state index contributed by atoms with van der Waals surface area (Å²) in [6.07, 6.45) is 46.1. The first kappa shape index (κ1) is 46.8. The third-order valence-electron chi connectivity index (χ3n) is 9.73. The summed E-state index contributed by atoms with van der Waals surface area (Å²) in [5.74, 6) is -0.326. The van der Waals surface area contributed by atoms with Crippen LogP contribution in [0.4, 0.5) is 0 Å². The number of nitrogens with one attached hydrogen (secondary N) is 1. The maximum absolute atomic E-state index is 12.4. The Bertz CT molecular complexity index is 709. The van der Waals surface area contributed by atoms with E-state index in [1.165, 1.54) is 154 Å². The molecule has 3 atom stereocenters. The second kappa shape index (κ2) is 38.6. The molecule has 284 valence electrons. The third-order valence-corrected chi connectivity index (χ3v) is 9.73. The molecule has 0 fully saturated rings. The van der Waals surface area contributed by atoms with Gasteiger partial charge in [0.15, 0.2) is 0 Å². The number of aliphatic hydroxyl groups is 3. The summed E-state index contributed by atoms with van der Waals surface area (Å²) in [6.45, 7) is 4.17. The van der Waals surface area contributed by atoms with Gasteiger partial charge in [-0.05, 0) is 44.9 Å². The van der Waals surface area contributed by atoms with Gasteiger partial charge < -0.3 is 20.6 Å². The Balaban J connectivity index is 3.62. The van der Waals surface area contributed by atoms with E-state index in [0.717, 1.165) is 38.5 Å². The first-order valence-electron chi connectivity index (χ1n) is 21.1. The van der Waals surface area contributed by atoms with Crippen LogP contribution in [0.3, 0.4) is 0 Å². The van der Waals surface area contributed by atoms with Crippen LogP contribution < -0.4 is 5.32 Å². The molecule has 5 nitrogen and oxygen atoms in total. The molecule has 0 aliphatic rings. The van der Waals surface area contributed by atoms with E-state index in [2.05, 4.69) is 31.3 Å². The van der Waals surface area contributed by atoms with E-state index in [1.807, 2.05) is 6.08 Å². The molecule has 0 aromatic carbocycles. The average molecular weight is 678 g/mol. The van der Waals surface area contributed by atoms with Crippen molar-refractivity contribution in [2.24, 2.45) is 0 Å². The van der Waals surface area contributed by atoms with Crippen LogP contribution in [0.25, 0.3) is 0 Å². The molecule has 5 heteroatoms. The number of aliphatic hydroxyl groups excluding tert-OH is 3. The van der Waals surface area contributed by atoms with E-state index in [9.17, 15) is 20.1 Å². The first-order valence-corrected chi connectivity index (χ1v) is 21.1. The number of carbonyl (C=O) groups is 1. The molecule has 0 saturated carbocycles. The van der Waals surface area contributed by atoms with Crippen molar-refractivity contribution in [3.63, 3.8) is 0 Å². The maximum Gasteiger partial charge on any atom is 0.222 e. The molecular formula is C43H83NO4. The summed E-state index contributed by atoms with van der Waals surface area (Å²) in [7, 11) is 0. The third kappa shape index (κ3) is 34.7. The normalized spacial score (nSPS) is 13.9. The lowest BCUT2D eigenvalue weighted by Crippen LogP contribution is -2.45. The molecule has 0 aromatic rings. The Kier molecular flexibility index (Phi) is 37.7. The van der Waals surface area contributed by atoms with Crippen LogP contribution in [0.15, 0.2) is 24.3 Å². The lowest BCUT2D eigenvalue weighted by atomic mass is 10.0. The molecular weight excluding hydrogens is 594 g/mol. The Morgan fingerprint density at radius 3 is 1.31 bits per heavy atom. The van der Waals surface area contributed by atoms with Crippen molar-refractivity contribution in [3.8, 4) is 0 Å². The van der Waals surface area contributed by atoms with E-state index in [-0.39, 0.29) is 18.9 Å². The Hall–Kier alpha value is -1.17. The van der Waals surface area contributed by atoms with Crippen molar-refractivity contribution in [3.05, 3.63) is 24.3 Å². The van der Waals surface area contributed by atoms with Crippen LogP contribution in [-0.4, -0.2) is 46.1 Å². The fourth-order valence-electron chi connectivity index (χ4n) is 6.45. The minimum Gasteiger partial charge on any atom is -0.394 e. The van der Waals surface area contributed by atoms with Gasteiger partial charge in [0.2, 0.25) is 5.91 Å². The van der Waals surface area contributed by atoms with E-state index in [1.54, 1.807) is 6.08 Å². The largest absolute Gasteiger partial charge is 0.394 e. The quantitative estimate of drug-likeness (QED) is 0.0387. The molecule has 0 bridgehead atoms. The number of unbranched alkanes of at least 4 members (excludes halogenated alkanes) is 27. The average Bonchev–Trinajstić information content (AvgIpc) is 3.08. The molecule has 48 heavy (non-hydrogen) atoms. The smallest absolute Gasteiger partial charge is 0.222 e. The van der Waals surface area contributed by atoms with Crippen LogP contribution in [0.5, 0.6) is 0 Å². The molecule has 0 aromatic heterocycles. The number of hydrogen-bond donors (Lipinski definition) is 4. The number of amides is 1. The summed E-state index contributed by atoms with van der Waals surface area (Å²) in [5.41, 5.74) is 0. The second-order valence-electron chi connectivity index (χ2n) is 14.6. The molecule has 0 heterocycles.